The van der Waals surface area contributed by atoms with Gasteiger partial charge in [-0.1, -0.05) is 6.92 Å². The Morgan fingerprint density at radius 2 is 2.10 bits per heavy atom. The minimum absolute atomic E-state index is 0. The van der Waals surface area contributed by atoms with Crippen LogP contribution in [0.15, 0.2) is 24.3 Å². The molecule has 3 N–H and O–H groups in total. The number of amides is 1. The molecular weight excluding hydrogens is 286 g/mol. The van der Waals surface area contributed by atoms with Crippen LogP contribution in [0.5, 0.6) is 0 Å². The second-order valence-electron chi connectivity index (χ2n) is 5.92. The first-order valence-corrected chi connectivity index (χ1v) is 7.44. The highest BCUT2D eigenvalue weighted by molar-refractivity contribution is 5.94. The number of nitrogens with one attached hydrogen (secondary N) is 1. The Labute approximate surface area is 133 Å². The molecule has 1 saturated heterocycles. The molecule has 0 aromatic heterocycles. The molecule has 2 atom stereocenters. The van der Waals surface area contributed by atoms with Crippen molar-refractivity contribution in [3.05, 3.63) is 29.8 Å². The number of hydrogen-bond acceptors (Lipinski definition) is 3. The molecule has 4 nitrogen and oxygen atoms in total. The van der Waals surface area contributed by atoms with Crippen LogP contribution in [0.4, 0.5) is 5.69 Å². The fraction of sp³-hybridized carbons (Fsp3) is 0.562. The Morgan fingerprint density at radius 3 is 2.71 bits per heavy atom. The minimum Gasteiger partial charge on any atom is -0.399 e. The van der Waals surface area contributed by atoms with Gasteiger partial charge in [0.05, 0.1) is 0 Å². The van der Waals surface area contributed by atoms with Gasteiger partial charge in [-0.25, -0.2) is 0 Å². The SMILES string of the molecule is CC1CCCN(C(C)CNC(=O)c2ccc(N)cc2)C1.Cl. The zero-order valence-corrected chi connectivity index (χ0v) is 13.7. The third-order valence-electron chi connectivity index (χ3n) is 4.04. The van der Waals surface area contributed by atoms with Gasteiger partial charge in [0.1, 0.15) is 0 Å². The predicted molar refractivity (Wildman–Crippen MR) is 89.9 cm³/mol. The van der Waals surface area contributed by atoms with Gasteiger partial charge in [-0.05, 0) is 56.5 Å². The summed E-state index contributed by atoms with van der Waals surface area (Å²) in [7, 11) is 0. The number of carbonyl (C=O) groups excluding carboxylic acids is 1. The highest BCUT2D eigenvalue weighted by Crippen LogP contribution is 2.17. The van der Waals surface area contributed by atoms with Crippen LogP contribution in [0.1, 0.15) is 37.0 Å². The zero-order chi connectivity index (χ0) is 14.5. The van der Waals surface area contributed by atoms with Crippen molar-refractivity contribution in [3.8, 4) is 0 Å². The van der Waals surface area contributed by atoms with E-state index < -0.39 is 0 Å². The van der Waals surface area contributed by atoms with Gasteiger partial charge >= 0.3 is 0 Å². The zero-order valence-electron chi connectivity index (χ0n) is 12.8. The van der Waals surface area contributed by atoms with Gasteiger partial charge in [-0.15, -0.1) is 12.4 Å². The number of benzene rings is 1. The Morgan fingerprint density at radius 1 is 1.43 bits per heavy atom. The number of likely N-dealkylation sites (tertiary alicyclic amines) is 1. The molecule has 1 amide bonds. The molecule has 2 rings (SSSR count). The summed E-state index contributed by atoms with van der Waals surface area (Å²) in [6, 6.07) is 7.42. The number of nitrogens with two attached hydrogens (primary N) is 1. The normalized spacial score (nSPS) is 20.4. The predicted octanol–water partition coefficient (Wildman–Crippen LogP) is 2.54. The number of halogens is 1. The van der Waals surface area contributed by atoms with E-state index in [0.717, 1.165) is 19.0 Å². The Hall–Kier alpha value is -1.26. The molecule has 0 aliphatic carbocycles. The summed E-state index contributed by atoms with van der Waals surface area (Å²) < 4.78 is 0. The van der Waals surface area contributed by atoms with Crippen molar-refractivity contribution in [1.29, 1.82) is 0 Å². The standard InChI is InChI=1S/C16H25N3O.ClH/c1-12-4-3-9-19(11-12)13(2)10-18-16(20)14-5-7-15(17)8-6-14;/h5-8,12-13H,3-4,9-11,17H2,1-2H3,(H,18,20);1H. The summed E-state index contributed by atoms with van der Waals surface area (Å²) in [6.07, 6.45) is 2.58. The van der Waals surface area contributed by atoms with Crippen LogP contribution in [0.3, 0.4) is 0 Å². The minimum atomic E-state index is -0.0260. The maximum absolute atomic E-state index is 12.0. The fourth-order valence-electron chi connectivity index (χ4n) is 2.73. The number of nitrogen functional groups attached to an aromatic ring is 1. The van der Waals surface area contributed by atoms with Crippen LogP contribution in [0.2, 0.25) is 0 Å². The second kappa shape index (κ2) is 8.25. The maximum atomic E-state index is 12.0. The summed E-state index contributed by atoms with van der Waals surface area (Å²) in [6.45, 7) is 7.45. The third kappa shape index (κ3) is 5.21. The van der Waals surface area contributed by atoms with Gasteiger partial charge in [-0.2, -0.15) is 0 Å². The Kier molecular flexibility index (Phi) is 6.99. The van der Waals surface area contributed by atoms with E-state index in [0.29, 0.717) is 23.8 Å². The van der Waals surface area contributed by atoms with Crippen molar-refractivity contribution in [2.24, 2.45) is 5.92 Å². The summed E-state index contributed by atoms with van der Waals surface area (Å²) in [4.78, 5) is 14.5. The molecule has 1 aromatic rings. The first-order valence-electron chi connectivity index (χ1n) is 7.44. The maximum Gasteiger partial charge on any atom is 0.251 e. The van der Waals surface area contributed by atoms with E-state index in [4.69, 9.17) is 5.73 Å². The number of nitrogens with zero attached hydrogens (tertiary/aromatic N) is 1. The van der Waals surface area contributed by atoms with Crippen molar-refractivity contribution >= 4 is 24.0 Å². The number of rotatable bonds is 4. The van der Waals surface area contributed by atoms with Crippen LogP contribution >= 0.6 is 12.4 Å². The molecule has 1 aromatic carbocycles. The highest BCUT2D eigenvalue weighted by Gasteiger charge is 2.21. The van der Waals surface area contributed by atoms with Gasteiger partial charge in [-0.3, -0.25) is 9.69 Å². The lowest BCUT2D eigenvalue weighted by Gasteiger charge is -2.35. The molecule has 0 radical (unpaired) electrons. The van der Waals surface area contributed by atoms with Crippen LogP contribution in [0.25, 0.3) is 0 Å². The molecule has 0 spiro atoms. The second-order valence-corrected chi connectivity index (χ2v) is 5.92. The first-order chi connectivity index (χ1) is 9.56. The van der Waals surface area contributed by atoms with Crippen LogP contribution in [0, 0.1) is 5.92 Å². The van der Waals surface area contributed by atoms with E-state index in [1.807, 2.05) is 0 Å². The summed E-state index contributed by atoms with van der Waals surface area (Å²) in [5, 5.41) is 3.01. The van der Waals surface area contributed by atoms with Crippen molar-refractivity contribution in [2.75, 3.05) is 25.4 Å². The van der Waals surface area contributed by atoms with E-state index in [1.165, 1.54) is 12.8 Å². The van der Waals surface area contributed by atoms with Crippen molar-refractivity contribution in [3.63, 3.8) is 0 Å². The summed E-state index contributed by atoms with van der Waals surface area (Å²) >= 11 is 0. The lowest BCUT2D eigenvalue weighted by atomic mass is 9.99. The monoisotopic (exact) mass is 311 g/mol. The van der Waals surface area contributed by atoms with Crippen LogP contribution < -0.4 is 11.1 Å². The Bertz CT molecular complexity index is 449. The molecule has 21 heavy (non-hydrogen) atoms. The fourth-order valence-corrected chi connectivity index (χ4v) is 2.73. The lowest BCUT2D eigenvalue weighted by molar-refractivity contribution is 0.0917. The molecule has 0 saturated carbocycles. The molecule has 2 unspecified atom stereocenters. The topological polar surface area (TPSA) is 58.4 Å². The van der Waals surface area contributed by atoms with E-state index in [2.05, 4.69) is 24.1 Å². The number of carbonyl (C=O) groups is 1. The third-order valence-corrected chi connectivity index (χ3v) is 4.04. The van der Waals surface area contributed by atoms with Crippen LogP contribution in [-0.4, -0.2) is 36.5 Å². The van der Waals surface area contributed by atoms with E-state index in [-0.39, 0.29) is 18.3 Å². The number of hydrogen-bond donors (Lipinski definition) is 2. The molecule has 0 bridgehead atoms. The largest absolute Gasteiger partial charge is 0.399 e. The number of piperidine rings is 1. The summed E-state index contributed by atoms with van der Waals surface area (Å²) in [5.41, 5.74) is 6.96. The van der Waals surface area contributed by atoms with Gasteiger partial charge in [0, 0.05) is 30.4 Å². The van der Waals surface area contributed by atoms with Gasteiger partial charge in [0.2, 0.25) is 0 Å². The Balaban J connectivity index is 0.00000220. The molecule has 1 aliphatic heterocycles. The molecule has 118 valence electrons. The quantitative estimate of drug-likeness (QED) is 0.840. The molecule has 1 fully saturated rings. The average Bonchev–Trinajstić information content (AvgIpc) is 2.45. The van der Waals surface area contributed by atoms with Crippen molar-refractivity contribution in [1.82, 2.24) is 10.2 Å². The molecule has 5 heteroatoms. The highest BCUT2D eigenvalue weighted by atomic mass is 35.5. The van der Waals surface area contributed by atoms with Crippen LogP contribution in [-0.2, 0) is 0 Å². The van der Waals surface area contributed by atoms with Gasteiger partial charge in [0.15, 0.2) is 0 Å². The molecule has 1 aliphatic rings. The first kappa shape index (κ1) is 17.8. The molecular formula is C16H26ClN3O. The van der Waals surface area contributed by atoms with Crippen molar-refractivity contribution in [2.45, 2.75) is 32.7 Å². The lowest BCUT2D eigenvalue weighted by Crippen LogP contribution is -2.46. The summed E-state index contributed by atoms with van der Waals surface area (Å²) in [5.74, 6) is 0.737. The van der Waals surface area contributed by atoms with E-state index in [9.17, 15) is 4.79 Å². The van der Waals surface area contributed by atoms with Gasteiger partial charge < -0.3 is 11.1 Å². The van der Waals surface area contributed by atoms with Crippen molar-refractivity contribution < 1.29 is 4.79 Å². The number of anilines is 1. The van der Waals surface area contributed by atoms with E-state index in [1.54, 1.807) is 24.3 Å². The smallest absolute Gasteiger partial charge is 0.251 e. The van der Waals surface area contributed by atoms with Gasteiger partial charge in [0.25, 0.3) is 5.91 Å². The molecule has 1 heterocycles. The van der Waals surface area contributed by atoms with E-state index >= 15 is 0 Å². The average molecular weight is 312 g/mol.